The Morgan fingerprint density at radius 1 is 1.33 bits per heavy atom. The number of aromatic nitrogens is 4. The first-order valence-electron chi connectivity index (χ1n) is 6.67. The lowest BCUT2D eigenvalue weighted by Gasteiger charge is -2.15. The summed E-state index contributed by atoms with van der Waals surface area (Å²) >= 11 is 0. The first-order valence-corrected chi connectivity index (χ1v) is 6.67. The number of hydrogen-bond donors (Lipinski definition) is 1. The van der Waals surface area contributed by atoms with Gasteiger partial charge >= 0.3 is 0 Å². The monoisotopic (exact) mass is 244 g/mol. The Kier molecular flexibility index (Phi) is 2.54. The summed E-state index contributed by atoms with van der Waals surface area (Å²) in [6.45, 7) is 6.42. The number of aryl methyl sites for hydroxylation is 3. The van der Waals surface area contributed by atoms with Gasteiger partial charge in [0.15, 0.2) is 0 Å². The highest BCUT2D eigenvalue weighted by Gasteiger charge is 2.23. The van der Waals surface area contributed by atoms with Crippen LogP contribution in [0.2, 0.25) is 0 Å². The van der Waals surface area contributed by atoms with E-state index in [0.29, 0.717) is 5.92 Å². The Morgan fingerprint density at radius 3 is 2.72 bits per heavy atom. The molecule has 96 valence electrons. The number of imidazole rings is 1. The summed E-state index contributed by atoms with van der Waals surface area (Å²) in [6.07, 6.45) is 3.65. The molecule has 0 spiro atoms. The van der Waals surface area contributed by atoms with E-state index >= 15 is 0 Å². The summed E-state index contributed by atoms with van der Waals surface area (Å²) in [4.78, 5) is 8.34. The summed E-state index contributed by atoms with van der Waals surface area (Å²) in [5.41, 5.74) is 5.98. The number of hydrogen-bond acceptors (Lipinski definition) is 2. The van der Waals surface area contributed by atoms with Gasteiger partial charge in [-0.15, -0.1) is 0 Å². The highest BCUT2D eigenvalue weighted by atomic mass is 15.3. The molecule has 1 aliphatic carbocycles. The van der Waals surface area contributed by atoms with Gasteiger partial charge in [0.1, 0.15) is 5.82 Å². The van der Waals surface area contributed by atoms with Crippen molar-refractivity contribution in [3.63, 3.8) is 0 Å². The summed E-state index contributed by atoms with van der Waals surface area (Å²) in [7, 11) is 1.98. The smallest absolute Gasteiger partial charge is 0.141 e. The molecule has 2 aromatic rings. The Balaban J connectivity index is 2.13. The van der Waals surface area contributed by atoms with Crippen LogP contribution in [0.4, 0.5) is 0 Å². The molecule has 1 unspecified atom stereocenters. The van der Waals surface area contributed by atoms with Gasteiger partial charge in [-0.1, -0.05) is 6.92 Å². The maximum Gasteiger partial charge on any atom is 0.141 e. The molecule has 0 fully saturated rings. The number of nitrogens with zero attached hydrogens (tertiary/aromatic N) is 3. The van der Waals surface area contributed by atoms with Crippen LogP contribution in [0.5, 0.6) is 0 Å². The molecule has 4 heteroatoms. The summed E-state index contributed by atoms with van der Waals surface area (Å²) < 4.78 is 1.93. The van der Waals surface area contributed by atoms with Crippen LogP contribution in [0, 0.1) is 13.8 Å². The molecular formula is C14H20N4. The molecule has 0 saturated heterocycles. The van der Waals surface area contributed by atoms with Crippen molar-refractivity contribution in [2.24, 2.45) is 7.05 Å². The normalized spacial score (nSPS) is 19.0. The van der Waals surface area contributed by atoms with Crippen LogP contribution in [0.15, 0.2) is 0 Å². The van der Waals surface area contributed by atoms with Crippen molar-refractivity contribution in [1.29, 1.82) is 0 Å². The molecule has 1 atom stereocenters. The molecule has 1 N–H and O–H groups in total. The van der Waals surface area contributed by atoms with E-state index in [9.17, 15) is 0 Å². The molecule has 18 heavy (non-hydrogen) atoms. The Hall–Kier alpha value is -1.58. The van der Waals surface area contributed by atoms with E-state index in [1.165, 1.54) is 35.5 Å². The van der Waals surface area contributed by atoms with Crippen molar-refractivity contribution in [2.75, 3.05) is 0 Å². The van der Waals surface area contributed by atoms with E-state index in [4.69, 9.17) is 4.98 Å². The van der Waals surface area contributed by atoms with Gasteiger partial charge in [0.05, 0.1) is 17.0 Å². The summed E-state index contributed by atoms with van der Waals surface area (Å²) in [5.74, 6) is 1.58. The molecule has 4 nitrogen and oxygen atoms in total. The van der Waals surface area contributed by atoms with E-state index in [1.54, 1.807) is 0 Å². The molecule has 0 aliphatic heterocycles. The van der Waals surface area contributed by atoms with E-state index < -0.39 is 0 Å². The van der Waals surface area contributed by atoms with Crippen molar-refractivity contribution in [2.45, 2.75) is 46.0 Å². The first-order chi connectivity index (χ1) is 8.58. The maximum absolute atomic E-state index is 4.83. The minimum Gasteiger partial charge on any atom is -0.341 e. The predicted molar refractivity (Wildman–Crippen MR) is 71.6 cm³/mol. The van der Waals surface area contributed by atoms with E-state index in [0.717, 1.165) is 17.9 Å². The third-order valence-corrected chi connectivity index (χ3v) is 4.09. The topological polar surface area (TPSA) is 46.5 Å². The highest BCUT2D eigenvalue weighted by molar-refractivity contribution is 5.62. The molecule has 0 aromatic carbocycles. The average molecular weight is 244 g/mol. The zero-order valence-electron chi connectivity index (χ0n) is 11.5. The fourth-order valence-corrected chi connectivity index (χ4v) is 2.98. The van der Waals surface area contributed by atoms with Crippen LogP contribution in [0.1, 0.15) is 48.5 Å². The minimum atomic E-state index is 0.580. The van der Waals surface area contributed by atoms with Crippen molar-refractivity contribution >= 4 is 0 Å². The molecule has 0 saturated carbocycles. The molecule has 0 amide bonds. The summed E-state index contributed by atoms with van der Waals surface area (Å²) in [6, 6.07) is 0. The van der Waals surface area contributed by atoms with Gasteiger partial charge in [0.2, 0.25) is 0 Å². The SMILES string of the molecule is Cc1nn(C)c(C)c1-c1nc2c([nH]1)CCCC2C. The second-order valence-electron chi connectivity index (χ2n) is 5.41. The second kappa shape index (κ2) is 3.97. The molecule has 0 radical (unpaired) electrons. The van der Waals surface area contributed by atoms with Crippen molar-refractivity contribution in [3.05, 3.63) is 22.8 Å². The van der Waals surface area contributed by atoms with Crippen LogP contribution in [-0.4, -0.2) is 19.7 Å². The fraction of sp³-hybridized carbons (Fsp3) is 0.571. The Morgan fingerprint density at radius 2 is 2.11 bits per heavy atom. The van der Waals surface area contributed by atoms with Crippen molar-refractivity contribution < 1.29 is 0 Å². The van der Waals surface area contributed by atoms with Gasteiger partial charge in [0, 0.05) is 24.4 Å². The number of aromatic amines is 1. The first kappa shape index (κ1) is 11.5. The minimum absolute atomic E-state index is 0.580. The van der Waals surface area contributed by atoms with E-state index in [2.05, 4.69) is 23.9 Å². The Labute approximate surface area is 107 Å². The number of fused-ring (bicyclic) bond motifs is 1. The van der Waals surface area contributed by atoms with Gasteiger partial charge in [-0.3, -0.25) is 4.68 Å². The van der Waals surface area contributed by atoms with Crippen LogP contribution in [0.3, 0.4) is 0 Å². The number of rotatable bonds is 1. The largest absolute Gasteiger partial charge is 0.341 e. The molecule has 1 aliphatic rings. The zero-order valence-corrected chi connectivity index (χ0v) is 11.5. The van der Waals surface area contributed by atoms with Gasteiger partial charge in [-0.2, -0.15) is 5.10 Å². The van der Waals surface area contributed by atoms with Crippen LogP contribution in [0.25, 0.3) is 11.4 Å². The quantitative estimate of drug-likeness (QED) is 0.838. The van der Waals surface area contributed by atoms with Crippen molar-refractivity contribution in [1.82, 2.24) is 19.7 Å². The van der Waals surface area contributed by atoms with E-state index in [-0.39, 0.29) is 0 Å². The lowest BCUT2D eigenvalue weighted by Crippen LogP contribution is -2.05. The third-order valence-electron chi connectivity index (χ3n) is 4.09. The van der Waals surface area contributed by atoms with Gasteiger partial charge in [-0.05, 0) is 33.1 Å². The zero-order chi connectivity index (χ0) is 12.9. The lowest BCUT2D eigenvalue weighted by atomic mass is 9.92. The second-order valence-corrected chi connectivity index (χ2v) is 5.41. The molecule has 2 heterocycles. The van der Waals surface area contributed by atoms with Gasteiger partial charge < -0.3 is 4.98 Å². The fourth-order valence-electron chi connectivity index (χ4n) is 2.98. The molecule has 2 aromatic heterocycles. The Bertz CT molecular complexity index is 591. The standard InChI is InChI=1S/C14H20N4/c1-8-6-5-7-11-13(8)16-14(15-11)12-9(2)17-18(4)10(12)3/h8H,5-7H2,1-4H3,(H,15,16). The van der Waals surface area contributed by atoms with Gasteiger partial charge in [-0.25, -0.2) is 4.98 Å². The third kappa shape index (κ3) is 1.59. The summed E-state index contributed by atoms with van der Waals surface area (Å²) in [5, 5.41) is 4.47. The maximum atomic E-state index is 4.83. The van der Waals surface area contributed by atoms with Crippen LogP contribution >= 0.6 is 0 Å². The van der Waals surface area contributed by atoms with Gasteiger partial charge in [0.25, 0.3) is 0 Å². The number of nitrogens with one attached hydrogen (secondary N) is 1. The van der Waals surface area contributed by atoms with Crippen LogP contribution < -0.4 is 0 Å². The molecule has 3 rings (SSSR count). The average Bonchev–Trinajstić information content (AvgIpc) is 2.83. The van der Waals surface area contributed by atoms with Crippen LogP contribution in [-0.2, 0) is 13.5 Å². The number of H-pyrrole nitrogens is 1. The highest BCUT2D eigenvalue weighted by Crippen LogP contribution is 2.33. The lowest BCUT2D eigenvalue weighted by molar-refractivity contribution is 0.574. The molecular weight excluding hydrogens is 224 g/mol. The van der Waals surface area contributed by atoms with E-state index in [1.807, 2.05) is 18.7 Å². The molecule has 0 bridgehead atoms. The predicted octanol–water partition coefficient (Wildman–Crippen LogP) is 2.87. The van der Waals surface area contributed by atoms with Crippen molar-refractivity contribution in [3.8, 4) is 11.4 Å².